The SMILES string of the molecule is CC1(NC(=O)OC(C)(C)C)CCN(c2cnc(Sc3cccc(NC(=O)CN4CCNCC4)c3Cl)c(N)n2)CC1. The van der Waals surface area contributed by atoms with Crippen molar-refractivity contribution in [3.8, 4) is 0 Å². The van der Waals surface area contributed by atoms with Crippen LogP contribution in [-0.4, -0.2) is 83.8 Å². The van der Waals surface area contributed by atoms with Crippen LogP contribution in [0.2, 0.25) is 5.02 Å². The number of piperidine rings is 1. The van der Waals surface area contributed by atoms with E-state index < -0.39 is 11.7 Å². The van der Waals surface area contributed by atoms with Crippen molar-refractivity contribution >= 4 is 52.7 Å². The standard InChI is InChI=1S/C27H39ClN8O3S/c1-26(2,3)39-25(38)34-27(4)8-12-36(13-9-27)20-16-31-24(23(29)33-20)40-19-7-5-6-18(22(19)28)32-21(37)17-35-14-10-30-11-15-35/h5-7,16,30H,8-15,17H2,1-4H3,(H2,29,33)(H,32,37)(H,34,38). The molecule has 5 N–H and O–H groups in total. The van der Waals surface area contributed by atoms with Gasteiger partial charge in [0.15, 0.2) is 5.82 Å². The summed E-state index contributed by atoms with van der Waals surface area (Å²) in [7, 11) is 0. The number of hydrogen-bond donors (Lipinski definition) is 4. The zero-order chi connectivity index (χ0) is 28.9. The Morgan fingerprint density at radius 1 is 1.20 bits per heavy atom. The Morgan fingerprint density at radius 3 is 2.55 bits per heavy atom. The number of nitrogens with two attached hydrogens (primary N) is 1. The molecule has 3 heterocycles. The van der Waals surface area contributed by atoms with Crippen LogP contribution in [0.4, 0.5) is 22.1 Å². The molecule has 2 fully saturated rings. The predicted octanol–water partition coefficient (Wildman–Crippen LogP) is 3.59. The third-order valence-corrected chi connectivity index (χ3v) is 8.35. The highest BCUT2D eigenvalue weighted by molar-refractivity contribution is 7.99. The highest BCUT2D eigenvalue weighted by Gasteiger charge is 2.33. The number of aromatic nitrogens is 2. The maximum absolute atomic E-state index is 12.6. The molecule has 0 spiro atoms. The van der Waals surface area contributed by atoms with Gasteiger partial charge in [0.05, 0.1) is 23.5 Å². The van der Waals surface area contributed by atoms with Crippen molar-refractivity contribution in [1.82, 2.24) is 25.5 Å². The average molecular weight is 591 g/mol. The Morgan fingerprint density at radius 2 is 1.90 bits per heavy atom. The molecule has 1 aromatic carbocycles. The molecule has 0 aliphatic carbocycles. The van der Waals surface area contributed by atoms with Gasteiger partial charge in [-0.25, -0.2) is 14.8 Å². The fourth-order valence-electron chi connectivity index (χ4n) is 4.57. The van der Waals surface area contributed by atoms with Gasteiger partial charge in [-0.05, 0) is 52.7 Å². The van der Waals surface area contributed by atoms with E-state index in [2.05, 4.69) is 35.7 Å². The van der Waals surface area contributed by atoms with Gasteiger partial charge in [0.1, 0.15) is 16.4 Å². The first-order valence-corrected chi connectivity index (χ1v) is 14.7. The van der Waals surface area contributed by atoms with Crippen LogP contribution >= 0.6 is 23.4 Å². The predicted molar refractivity (Wildman–Crippen MR) is 159 cm³/mol. The van der Waals surface area contributed by atoms with Gasteiger partial charge in [-0.15, -0.1) is 0 Å². The Hall–Kier alpha value is -2.80. The summed E-state index contributed by atoms with van der Waals surface area (Å²) in [5, 5.41) is 10.2. The molecule has 40 heavy (non-hydrogen) atoms. The van der Waals surface area contributed by atoms with E-state index in [0.717, 1.165) is 43.9 Å². The number of halogens is 1. The zero-order valence-corrected chi connectivity index (χ0v) is 25.1. The van der Waals surface area contributed by atoms with E-state index in [1.165, 1.54) is 11.8 Å². The number of alkyl carbamates (subject to hydrolysis) is 1. The van der Waals surface area contributed by atoms with E-state index >= 15 is 0 Å². The number of piperazine rings is 1. The van der Waals surface area contributed by atoms with Crippen LogP contribution in [0.15, 0.2) is 34.3 Å². The molecular formula is C27H39ClN8O3S. The second kappa shape index (κ2) is 12.8. The molecule has 13 heteroatoms. The van der Waals surface area contributed by atoms with E-state index in [1.54, 1.807) is 12.3 Å². The van der Waals surface area contributed by atoms with Crippen LogP contribution in [0.3, 0.4) is 0 Å². The minimum atomic E-state index is -0.543. The van der Waals surface area contributed by atoms with Crippen molar-refractivity contribution < 1.29 is 14.3 Å². The molecule has 0 atom stereocenters. The number of anilines is 3. The van der Waals surface area contributed by atoms with E-state index in [-0.39, 0.29) is 11.4 Å². The van der Waals surface area contributed by atoms with Crippen LogP contribution < -0.4 is 26.6 Å². The van der Waals surface area contributed by atoms with Gasteiger partial charge in [-0.2, -0.15) is 0 Å². The van der Waals surface area contributed by atoms with Gasteiger partial charge in [-0.3, -0.25) is 9.69 Å². The van der Waals surface area contributed by atoms with Crippen molar-refractivity contribution in [2.75, 3.05) is 61.8 Å². The minimum Gasteiger partial charge on any atom is -0.444 e. The molecule has 0 bridgehead atoms. The van der Waals surface area contributed by atoms with Crippen LogP contribution in [0.25, 0.3) is 0 Å². The summed E-state index contributed by atoms with van der Waals surface area (Å²) in [5.41, 5.74) is 5.95. The molecule has 2 aliphatic heterocycles. The van der Waals surface area contributed by atoms with Gasteiger partial charge in [0, 0.05) is 49.7 Å². The monoisotopic (exact) mass is 590 g/mol. The Kier molecular flexibility index (Phi) is 9.65. The van der Waals surface area contributed by atoms with E-state index in [9.17, 15) is 9.59 Å². The molecule has 2 saturated heterocycles. The number of nitrogens with one attached hydrogen (secondary N) is 3. The van der Waals surface area contributed by atoms with Crippen molar-refractivity contribution in [2.24, 2.45) is 0 Å². The van der Waals surface area contributed by atoms with Crippen LogP contribution in [0.1, 0.15) is 40.5 Å². The number of carbonyl (C=O) groups is 2. The lowest BCUT2D eigenvalue weighted by Gasteiger charge is -2.40. The number of carbonyl (C=O) groups excluding carboxylic acids is 2. The molecule has 2 amide bonds. The first-order valence-electron chi connectivity index (χ1n) is 13.5. The molecular weight excluding hydrogens is 552 g/mol. The average Bonchev–Trinajstić information content (AvgIpc) is 2.87. The zero-order valence-electron chi connectivity index (χ0n) is 23.6. The fourth-order valence-corrected chi connectivity index (χ4v) is 5.67. The normalized spacial score (nSPS) is 17.8. The number of benzene rings is 1. The summed E-state index contributed by atoms with van der Waals surface area (Å²) in [5.74, 6) is 0.877. The smallest absolute Gasteiger partial charge is 0.408 e. The van der Waals surface area contributed by atoms with Crippen molar-refractivity contribution in [2.45, 2.75) is 61.6 Å². The lowest BCUT2D eigenvalue weighted by Crippen LogP contribution is -2.54. The molecule has 2 aromatic rings. The number of amides is 2. The van der Waals surface area contributed by atoms with E-state index in [1.807, 2.05) is 39.8 Å². The lowest BCUT2D eigenvalue weighted by atomic mass is 9.90. The number of hydrogen-bond acceptors (Lipinski definition) is 10. The first kappa shape index (κ1) is 30.2. The number of ether oxygens (including phenoxy) is 1. The van der Waals surface area contributed by atoms with Gasteiger partial charge >= 0.3 is 6.09 Å². The third kappa shape index (κ3) is 8.35. The minimum absolute atomic E-state index is 0.103. The molecule has 1 aromatic heterocycles. The van der Waals surface area contributed by atoms with E-state index in [0.29, 0.717) is 47.0 Å². The van der Waals surface area contributed by atoms with Gasteiger partial charge in [-0.1, -0.05) is 29.4 Å². The topological polar surface area (TPSA) is 138 Å². The maximum atomic E-state index is 12.6. The van der Waals surface area contributed by atoms with Crippen molar-refractivity contribution in [3.63, 3.8) is 0 Å². The third-order valence-electron chi connectivity index (χ3n) is 6.77. The van der Waals surface area contributed by atoms with Gasteiger partial charge in [0.2, 0.25) is 5.91 Å². The Bertz CT molecular complexity index is 1210. The summed E-state index contributed by atoms with van der Waals surface area (Å²) in [6, 6.07) is 5.47. The molecule has 11 nitrogen and oxygen atoms in total. The lowest BCUT2D eigenvalue weighted by molar-refractivity contribution is -0.117. The largest absolute Gasteiger partial charge is 0.444 e. The van der Waals surface area contributed by atoms with Gasteiger partial charge in [0.25, 0.3) is 0 Å². The van der Waals surface area contributed by atoms with Crippen LogP contribution in [0, 0.1) is 0 Å². The van der Waals surface area contributed by atoms with Crippen LogP contribution in [-0.2, 0) is 9.53 Å². The molecule has 0 unspecified atom stereocenters. The van der Waals surface area contributed by atoms with Crippen molar-refractivity contribution in [1.29, 1.82) is 0 Å². The van der Waals surface area contributed by atoms with E-state index in [4.69, 9.17) is 22.1 Å². The second-order valence-corrected chi connectivity index (χ2v) is 12.8. The summed E-state index contributed by atoms with van der Waals surface area (Å²) in [4.78, 5) is 39.0. The highest BCUT2D eigenvalue weighted by atomic mass is 35.5. The molecule has 0 saturated carbocycles. The molecule has 0 radical (unpaired) electrons. The quantitative estimate of drug-likeness (QED) is 0.378. The van der Waals surface area contributed by atoms with Crippen LogP contribution in [0.5, 0.6) is 0 Å². The van der Waals surface area contributed by atoms with Gasteiger partial charge < -0.3 is 31.3 Å². The molecule has 4 rings (SSSR count). The first-order chi connectivity index (χ1) is 18.9. The number of nitrogen functional groups attached to an aromatic ring is 1. The Balaban J connectivity index is 1.34. The molecule has 2 aliphatic rings. The summed E-state index contributed by atoms with van der Waals surface area (Å²) >= 11 is 7.96. The number of nitrogens with zero attached hydrogens (tertiary/aromatic N) is 4. The summed E-state index contributed by atoms with van der Waals surface area (Å²) in [6.07, 6.45) is 2.76. The fraction of sp³-hybridized carbons (Fsp3) is 0.556. The highest BCUT2D eigenvalue weighted by Crippen LogP contribution is 2.38. The second-order valence-electron chi connectivity index (χ2n) is 11.4. The number of rotatable bonds is 7. The van der Waals surface area contributed by atoms with Crippen molar-refractivity contribution in [3.05, 3.63) is 29.4 Å². The maximum Gasteiger partial charge on any atom is 0.408 e. The summed E-state index contributed by atoms with van der Waals surface area (Å²) in [6.45, 7) is 12.7. The Labute approximate surface area is 244 Å². The summed E-state index contributed by atoms with van der Waals surface area (Å²) < 4.78 is 5.42. The molecule has 218 valence electrons.